The summed E-state index contributed by atoms with van der Waals surface area (Å²) < 4.78 is 33.4. The smallest absolute Gasteiger partial charge is 0.241 e. The quantitative estimate of drug-likeness (QED) is 0.835. The maximum absolute atomic E-state index is 12.6. The average Bonchev–Trinajstić information content (AvgIpc) is 2.93. The van der Waals surface area contributed by atoms with Gasteiger partial charge in [0.15, 0.2) is 0 Å². The summed E-state index contributed by atoms with van der Waals surface area (Å²) >= 11 is 0. The summed E-state index contributed by atoms with van der Waals surface area (Å²) in [5.74, 6) is 0. The van der Waals surface area contributed by atoms with Crippen molar-refractivity contribution in [1.82, 2.24) is 4.72 Å². The van der Waals surface area contributed by atoms with Gasteiger partial charge in [-0.25, -0.2) is 13.1 Å². The van der Waals surface area contributed by atoms with Crippen molar-refractivity contribution >= 4 is 10.0 Å². The van der Waals surface area contributed by atoms with E-state index < -0.39 is 10.0 Å². The van der Waals surface area contributed by atoms with Crippen LogP contribution in [0.4, 0.5) is 0 Å². The molecule has 0 aliphatic heterocycles. The maximum Gasteiger partial charge on any atom is 0.241 e. The van der Waals surface area contributed by atoms with Crippen LogP contribution in [0, 0.1) is 0 Å². The molecule has 0 saturated heterocycles. The van der Waals surface area contributed by atoms with Crippen molar-refractivity contribution in [3.8, 4) is 0 Å². The molecule has 0 amide bonds. The predicted molar refractivity (Wildman–Crippen MR) is 82.5 cm³/mol. The molecule has 2 unspecified atom stereocenters. The van der Waals surface area contributed by atoms with E-state index in [0.717, 1.165) is 30.4 Å². The molecule has 1 saturated carbocycles. The highest BCUT2D eigenvalue weighted by atomic mass is 32.2. The van der Waals surface area contributed by atoms with E-state index >= 15 is 0 Å². The van der Waals surface area contributed by atoms with E-state index in [9.17, 15) is 8.42 Å². The van der Waals surface area contributed by atoms with Gasteiger partial charge in [-0.2, -0.15) is 0 Å². The van der Waals surface area contributed by atoms with Crippen molar-refractivity contribution in [3.05, 3.63) is 29.3 Å². The topological polar surface area (TPSA) is 81.4 Å². The lowest BCUT2D eigenvalue weighted by Gasteiger charge is -2.16. The zero-order valence-electron chi connectivity index (χ0n) is 12.6. The van der Waals surface area contributed by atoms with Gasteiger partial charge in [-0.15, -0.1) is 0 Å². The number of nitrogens with two attached hydrogens (primary N) is 1. The fourth-order valence-corrected chi connectivity index (χ4v) is 4.46. The Morgan fingerprint density at radius 2 is 2.14 bits per heavy atom. The molecule has 6 heteroatoms. The molecule has 1 aliphatic rings. The normalized spacial score (nSPS) is 22.6. The first-order valence-electron chi connectivity index (χ1n) is 7.37. The molecule has 0 bridgehead atoms. The Kier molecular flexibility index (Phi) is 5.37. The molecule has 21 heavy (non-hydrogen) atoms. The first-order valence-corrected chi connectivity index (χ1v) is 8.85. The number of rotatable bonds is 6. The van der Waals surface area contributed by atoms with Crippen LogP contribution in [-0.2, 0) is 27.7 Å². The number of hydrogen-bond acceptors (Lipinski definition) is 4. The predicted octanol–water partition coefficient (Wildman–Crippen LogP) is 1.55. The zero-order valence-corrected chi connectivity index (χ0v) is 13.4. The average molecular weight is 312 g/mol. The largest absolute Gasteiger partial charge is 0.381 e. The van der Waals surface area contributed by atoms with Gasteiger partial charge in [0.05, 0.1) is 11.0 Å². The van der Waals surface area contributed by atoms with Crippen LogP contribution in [0.2, 0.25) is 0 Å². The highest BCUT2D eigenvalue weighted by molar-refractivity contribution is 7.89. The molecule has 5 nitrogen and oxygen atoms in total. The summed E-state index contributed by atoms with van der Waals surface area (Å²) in [5, 5.41) is 0. The van der Waals surface area contributed by atoms with Crippen molar-refractivity contribution in [2.45, 2.75) is 56.2 Å². The SMILES string of the molecule is CCc1ccc(CN)cc1S(=O)(=O)NC1CCC(OC)C1. The first kappa shape index (κ1) is 16.4. The molecule has 1 fully saturated rings. The zero-order chi connectivity index (χ0) is 15.5. The van der Waals surface area contributed by atoms with Crippen molar-refractivity contribution in [2.75, 3.05) is 7.11 Å². The van der Waals surface area contributed by atoms with Gasteiger partial charge < -0.3 is 10.5 Å². The van der Waals surface area contributed by atoms with Gasteiger partial charge in [0.1, 0.15) is 0 Å². The summed E-state index contributed by atoms with van der Waals surface area (Å²) in [6.07, 6.45) is 3.27. The molecule has 1 aliphatic carbocycles. The number of methoxy groups -OCH3 is 1. The molecule has 118 valence electrons. The highest BCUT2D eigenvalue weighted by Gasteiger charge is 2.29. The Morgan fingerprint density at radius 3 is 2.71 bits per heavy atom. The minimum atomic E-state index is -3.51. The Hall–Kier alpha value is -0.950. The third-order valence-electron chi connectivity index (χ3n) is 4.08. The third kappa shape index (κ3) is 3.83. The second-order valence-corrected chi connectivity index (χ2v) is 7.17. The van der Waals surface area contributed by atoms with Crippen LogP contribution in [0.1, 0.15) is 37.3 Å². The van der Waals surface area contributed by atoms with Crippen LogP contribution in [0.3, 0.4) is 0 Å². The lowest BCUT2D eigenvalue weighted by Crippen LogP contribution is -2.34. The monoisotopic (exact) mass is 312 g/mol. The van der Waals surface area contributed by atoms with Crippen LogP contribution in [0.25, 0.3) is 0 Å². The Bertz CT molecular complexity index is 587. The van der Waals surface area contributed by atoms with E-state index in [2.05, 4.69) is 4.72 Å². The van der Waals surface area contributed by atoms with E-state index in [4.69, 9.17) is 10.5 Å². The molecule has 0 radical (unpaired) electrons. The number of benzene rings is 1. The molecule has 0 heterocycles. The maximum atomic E-state index is 12.6. The Labute approximate surface area is 126 Å². The van der Waals surface area contributed by atoms with Gasteiger partial charge >= 0.3 is 0 Å². The lowest BCUT2D eigenvalue weighted by molar-refractivity contribution is 0.107. The second kappa shape index (κ2) is 6.87. The highest BCUT2D eigenvalue weighted by Crippen LogP contribution is 2.25. The summed E-state index contributed by atoms with van der Waals surface area (Å²) in [6, 6.07) is 5.37. The minimum Gasteiger partial charge on any atom is -0.381 e. The Morgan fingerprint density at radius 1 is 1.38 bits per heavy atom. The second-order valence-electron chi connectivity index (χ2n) is 5.49. The van der Waals surface area contributed by atoms with Crippen LogP contribution in [0.5, 0.6) is 0 Å². The number of nitrogens with one attached hydrogen (secondary N) is 1. The van der Waals surface area contributed by atoms with Crippen LogP contribution < -0.4 is 10.5 Å². The van der Waals surface area contributed by atoms with Gasteiger partial charge in [0, 0.05) is 19.7 Å². The van der Waals surface area contributed by atoms with E-state index in [-0.39, 0.29) is 12.1 Å². The van der Waals surface area contributed by atoms with Crippen LogP contribution in [0.15, 0.2) is 23.1 Å². The standard InChI is InChI=1S/C15H24N2O3S/c1-3-12-5-4-11(10-16)8-15(12)21(18,19)17-13-6-7-14(9-13)20-2/h4-5,8,13-14,17H,3,6-7,9-10,16H2,1-2H3. The summed E-state index contributed by atoms with van der Waals surface area (Å²) in [5.41, 5.74) is 7.27. The first-order chi connectivity index (χ1) is 10.00. The number of ether oxygens (including phenoxy) is 1. The van der Waals surface area contributed by atoms with Crippen molar-refractivity contribution in [2.24, 2.45) is 5.73 Å². The molecule has 1 aromatic rings. The molecular formula is C15H24N2O3S. The fraction of sp³-hybridized carbons (Fsp3) is 0.600. The minimum absolute atomic E-state index is 0.0498. The summed E-state index contributed by atoms with van der Waals surface area (Å²) in [4.78, 5) is 0.355. The number of hydrogen-bond donors (Lipinski definition) is 2. The molecular weight excluding hydrogens is 288 g/mol. The molecule has 2 atom stereocenters. The number of aryl methyl sites for hydroxylation is 1. The Balaban J connectivity index is 2.23. The molecule has 0 aromatic heterocycles. The van der Waals surface area contributed by atoms with Crippen LogP contribution >= 0.6 is 0 Å². The third-order valence-corrected chi connectivity index (χ3v) is 5.68. The van der Waals surface area contributed by atoms with Crippen LogP contribution in [-0.4, -0.2) is 27.7 Å². The molecule has 3 N–H and O–H groups in total. The summed E-state index contributed by atoms with van der Waals surface area (Å²) in [6.45, 7) is 2.29. The van der Waals surface area contributed by atoms with E-state index in [0.29, 0.717) is 17.9 Å². The van der Waals surface area contributed by atoms with Gasteiger partial charge in [-0.3, -0.25) is 0 Å². The lowest BCUT2D eigenvalue weighted by atomic mass is 10.1. The molecule has 0 spiro atoms. The van der Waals surface area contributed by atoms with Crippen molar-refractivity contribution < 1.29 is 13.2 Å². The van der Waals surface area contributed by atoms with E-state index in [1.54, 1.807) is 13.2 Å². The van der Waals surface area contributed by atoms with E-state index in [1.807, 2.05) is 19.1 Å². The summed E-state index contributed by atoms with van der Waals surface area (Å²) in [7, 11) is -1.84. The molecule has 2 rings (SSSR count). The van der Waals surface area contributed by atoms with Crippen molar-refractivity contribution in [1.29, 1.82) is 0 Å². The van der Waals surface area contributed by atoms with Crippen molar-refractivity contribution in [3.63, 3.8) is 0 Å². The number of sulfonamides is 1. The fourth-order valence-electron chi connectivity index (χ4n) is 2.81. The van der Waals surface area contributed by atoms with E-state index in [1.165, 1.54) is 0 Å². The van der Waals surface area contributed by atoms with Gasteiger partial charge in [-0.05, 0) is 42.9 Å². The van der Waals surface area contributed by atoms with Gasteiger partial charge in [0.2, 0.25) is 10.0 Å². The van der Waals surface area contributed by atoms with Gasteiger partial charge in [-0.1, -0.05) is 19.1 Å². The molecule has 1 aromatic carbocycles. The van der Waals surface area contributed by atoms with Gasteiger partial charge in [0.25, 0.3) is 0 Å².